The van der Waals surface area contributed by atoms with Gasteiger partial charge in [0, 0.05) is 68.7 Å². The number of hydrogen-bond acceptors (Lipinski definition) is 11. The standard InChI is InChI=1S/C37H73N9O6/c1-27(47)16-17-33(22-28(2)48)46-37(52)26-32(15-11-21-41-6)45-36(51)25-31(14-10-20-40-5)44-35(50)24-30(13-9-19-39-4)43-34(49)23-29(42-7)12-8-18-38-3/h29-33,38-42H,8-26H2,1-7H3,(H,43,49)(H,44,50)(H,45,51)(H,46,52). The zero-order valence-electron chi connectivity index (χ0n) is 33.3. The molecule has 9 N–H and O–H groups in total. The minimum Gasteiger partial charge on any atom is -0.353 e. The Balaban J connectivity index is 5.59. The van der Waals surface area contributed by atoms with Crippen molar-refractivity contribution in [3.05, 3.63) is 0 Å². The van der Waals surface area contributed by atoms with E-state index in [1.165, 1.54) is 13.8 Å². The van der Waals surface area contributed by atoms with E-state index in [0.29, 0.717) is 38.6 Å². The van der Waals surface area contributed by atoms with E-state index < -0.39 is 18.1 Å². The van der Waals surface area contributed by atoms with Crippen LogP contribution in [0, 0.1) is 0 Å². The van der Waals surface area contributed by atoms with Crippen LogP contribution in [0.2, 0.25) is 0 Å². The van der Waals surface area contributed by atoms with Crippen molar-refractivity contribution in [1.29, 1.82) is 0 Å². The number of nitrogens with one attached hydrogen (secondary N) is 9. The molecule has 52 heavy (non-hydrogen) atoms. The Labute approximate surface area is 313 Å². The van der Waals surface area contributed by atoms with Crippen molar-refractivity contribution >= 4 is 35.2 Å². The second-order valence-electron chi connectivity index (χ2n) is 14.0. The molecule has 0 aromatic heterocycles. The molecule has 15 heteroatoms. The van der Waals surface area contributed by atoms with Crippen molar-refractivity contribution < 1.29 is 28.8 Å². The van der Waals surface area contributed by atoms with Crippen molar-refractivity contribution in [3.63, 3.8) is 0 Å². The largest absolute Gasteiger partial charge is 0.353 e. The zero-order valence-corrected chi connectivity index (χ0v) is 33.3. The second-order valence-corrected chi connectivity index (χ2v) is 14.0. The fraction of sp³-hybridized carbons (Fsp3) is 0.838. The van der Waals surface area contributed by atoms with Gasteiger partial charge in [-0.1, -0.05) is 0 Å². The molecule has 0 fully saturated rings. The zero-order chi connectivity index (χ0) is 39.1. The maximum Gasteiger partial charge on any atom is 0.222 e. The number of carbonyl (C=O) groups excluding carboxylic acids is 6. The molecule has 15 nitrogen and oxygen atoms in total. The summed E-state index contributed by atoms with van der Waals surface area (Å²) in [5.41, 5.74) is 0. The summed E-state index contributed by atoms with van der Waals surface area (Å²) < 4.78 is 0. The van der Waals surface area contributed by atoms with E-state index in [2.05, 4.69) is 47.9 Å². The number of rotatable bonds is 34. The Morgan fingerprint density at radius 1 is 0.385 bits per heavy atom. The van der Waals surface area contributed by atoms with E-state index in [4.69, 9.17) is 0 Å². The fourth-order valence-corrected chi connectivity index (χ4v) is 6.12. The predicted octanol–water partition coefficient (Wildman–Crippen LogP) is 0.421. The highest BCUT2D eigenvalue weighted by Crippen LogP contribution is 2.11. The fourth-order valence-electron chi connectivity index (χ4n) is 6.12. The van der Waals surface area contributed by atoms with Gasteiger partial charge in [-0.25, -0.2) is 0 Å². The van der Waals surface area contributed by atoms with Gasteiger partial charge in [-0.3, -0.25) is 24.0 Å². The van der Waals surface area contributed by atoms with Gasteiger partial charge in [0.15, 0.2) is 0 Å². The van der Waals surface area contributed by atoms with Gasteiger partial charge in [-0.15, -0.1) is 0 Å². The molecule has 0 spiro atoms. The Bertz CT molecular complexity index is 1030. The average molecular weight is 740 g/mol. The first-order chi connectivity index (χ1) is 24.9. The predicted molar refractivity (Wildman–Crippen MR) is 207 cm³/mol. The van der Waals surface area contributed by atoms with E-state index in [1.807, 2.05) is 35.2 Å². The van der Waals surface area contributed by atoms with Gasteiger partial charge in [-0.2, -0.15) is 0 Å². The molecular formula is C37H73N9O6. The average Bonchev–Trinajstić information content (AvgIpc) is 3.06. The monoisotopic (exact) mass is 740 g/mol. The molecule has 0 radical (unpaired) electrons. The van der Waals surface area contributed by atoms with E-state index in [9.17, 15) is 28.8 Å². The summed E-state index contributed by atoms with van der Waals surface area (Å²) in [5, 5.41) is 27.7. The van der Waals surface area contributed by atoms with Crippen LogP contribution in [0.25, 0.3) is 0 Å². The first-order valence-corrected chi connectivity index (χ1v) is 19.3. The van der Waals surface area contributed by atoms with E-state index in [0.717, 1.165) is 51.7 Å². The summed E-state index contributed by atoms with van der Waals surface area (Å²) in [6.45, 7) is 5.99. The van der Waals surface area contributed by atoms with Crippen molar-refractivity contribution in [1.82, 2.24) is 47.9 Å². The molecule has 0 saturated heterocycles. The summed E-state index contributed by atoms with van der Waals surface area (Å²) in [6.07, 6.45) is 7.07. The lowest BCUT2D eigenvalue weighted by molar-refractivity contribution is -0.125. The lowest BCUT2D eigenvalue weighted by Crippen LogP contribution is -2.46. The molecule has 0 aliphatic rings. The van der Waals surface area contributed by atoms with Gasteiger partial charge in [0.2, 0.25) is 23.6 Å². The molecule has 0 heterocycles. The molecule has 0 saturated carbocycles. The molecule has 0 rings (SSSR count). The highest BCUT2D eigenvalue weighted by atomic mass is 16.2. The third kappa shape index (κ3) is 27.6. The Morgan fingerprint density at radius 2 is 0.673 bits per heavy atom. The molecule has 4 amide bonds. The number of Topliss-reactive ketones (excluding diaryl/α,β-unsaturated/α-hetero) is 2. The first-order valence-electron chi connectivity index (χ1n) is 19.3. The quantitative estimate of drug-likeness (QED) is 0.0413. The molecule has 0 aromatic carbocycles. The Kier molecular flexibility index (Phi) is 29.7. The summed E-state index contributed by atoms with van der Waals surface area (Å²) in [4.78, 5) is 76.3. The van der Waals surface area contributed by atoms with Gasteiger partial charge in [0.05, 0.1) is 0 Å². The number of amides is 4. The normalized spacial score (nSPS) is 14.1. The van der Waals surface area contributed by atoms with Crippen LogP contribution < -0.4 is 47.9 Å². The first kappa shape index (κ1) is 49.0. The summed E-state index contributed by atoms with van der Waals surface area (Å²) in [7, 11) is 9.30. The third-order valence-electron chi connectivity index (χ3n) is 8.89. The molecular weight excluding hydrogens is 666 g/mol. The Morgan fingerprint density at radius 3 is 0.942 bits per heavy atom. The Hall–Kier alpha value is -2.98. The van der Waals surface area contributed by atoms with Gasteiger partial charge < -0.3 is 52.6 Å². The van der Waals surface area contributed by atoms with E-state index in [1.54, 1.807) is 0 Å². The maximum atomic E-state index is 13.4. The third-order valence-corrected chi connectivity index (χ3v) is 8.89. The molecule has 302 valence electrons. The van der Waals surface area contributed by atoms with Crippen LogP contribution in [0.1, 0.15) is 110 Å². The highest BCUT2D eigenvalue weighted by molar-refractivity contribution is 5.83. The van der Waals surface area contributed by atoms with Gasteiger partial charge in [0.1, 0.15) is 11.6 Å². The SMILES string of the molecule is CNCCCC(CC(=O)NC(CCCNC)CC(=O)NC(CCCNC)CC(=O)NC(CCCNC)CC(=O)NC(CCC(C)=O)CC(C)=O)NC. The minimum absolute atomic E-state index is 0.0145. The lowest BCUT2D eigenvalue weighted by atomic mass is 10.0. The van der Waals surface area contributed by atoms with Crippen LogP contribution in [-0.2, 0) is 28.8 Å². The topological polar surface area (TPSA) is 211 Å². The van der Waals surface area contributed by atoms with Crippen molar-refractivity contribution in [3.8, 4) is 0 Å². The van der Waals surface area contributed by atoms with Gasteiger partial charge >= 0.3 is 0 Å². The van der Waals surface area contributed by atoms with Crippen LogP contribution in [0.15, 0.2) is 0 Å². The van der Waals surface area contributed by atoms with Gasteiger partial charge in [-0.05, 0) is 133 Å². The molecule has 5 unspecified atom stereocenters. The molecule has 0 aromatic rings. The van der Waals surface area contributed by atoms with Crippen molar-refractivity contribution in [2.75, 3.05) is 61.4 Å². The van der Waals surface area contributed by atoms with Crippen LogP contribution in [0.3, 0.4) is 0 Å². The van der Waals surface area contributed by atoms with Gasteiger partial charge in [0.25, 0.3) is 0 Å². The van der Waals surface area contributed by atoms with Crippen LogP contribution in [-0.4, -0.2) is 127 Å². The molecule has 0 aliphatic carbocycles. The molecule has 5 atom stereocenters. The highest BCUT2D eigenvalue weighted by Gasteiger charge is 2.24. The summed E-state index contributed by atoms with van der Waals surface area (Å²) in [5.74, 6) is -1.000. The lowest BCUT2D eigenvalue weighted by Gasteiger charge is -2.25. The van der Waals surface area contributed by atoms with Crippen LogP contribution in [0.4, 0.5) is 0 Å². The minimum atomic E-state index is -0.452. The number of hydrogen-bond donors (Lipinski definition) is 9. The number of carbonyl (C=O) groups is 6. The van der Waals surface area contributed by atoms with Crippen molar-refractivity contribution in [2.24, 2.45) is 0 Å². The summed E-state index contributed by atoms with van der Waals surface area (Å²) in [6, 6.07) is -1.65. The van der Waals surface area contributed by atoms with E-state index >= 15 is 0 Å². The molecule has 0 bridgehead atoms. The summed E-state index contributed by atoms with van der Waals surface area (Å²) >= 11 is 0. The van der Waals surface area contributed by atoms with E-state index in [-0.39, 0.29) is 79.4 Å². The van der Waals surface area contributed by atoms with Crippen molar-refractivity contribution in [2.45, 2.75) is 140 Å². The second kappa shape index (κ2) is 31.5. The maximum absolute atomic E-state index is 13.4. The van der Waals surface area contributed by atoms with Crippen LogP contribution >= 0.6 is 0 Å². The number of ketones is 2. The smallest absolute Gasteiger partial charge is 0.222 e. The van der Waals surface area contributed by atoms with Crippen LogP contribution in [0.5, 0.6) is 0 Å². The molecule has 0 aliphatic heterocycles.